The van der Waals surface area contributed by atoms with Gasteiger partial charge in [0.2, 0.25) is 5.91 Å². The van der Waals surface area contributed by atoms with E-state index in [0.717, 1.165) is 5.56 Å². The molecule has 3 rings (SSSR count). The molecule has 0 aliphatic carbocycles. The van der Waals surface area contributed by atoms with Crippen molar-refractivity contribution in [3.05, 3.63) is 88.2 Å². The number of dihydropyridines is 1. The molecule has 6 nitrogen and oxygen atoms in total. The number of amides is 2. The summed E-state index contributed by atoms with van der Waals surface area (Å²) in [7, 11) is 0. The third-order valence-electron chi connectivity index (χ3n) is 4.05. The Morgan fingerprint density at radius 1 is 0.962 bits per heavy atom. The van der Waals surface area contributed by atoms with Gasteiger partial charge in [-0.3, -0.25) is 9.59 Å². The highest BCUT2D eigenvalue weighted by Crippen LogP contribution is 2.38. The van der Waals surface area contributed by atoms with E-state index in [1.807, 2.05) is 48.5 Å². The lowest BCUT2D eigenvalue weighted by atomic mass is 9.82. The maximum Gasteiger partial charge on any atom is 0.256 e. The number of nitrogens with two attached hydrogens (primary N) is 2. The van der Waals surface area contributed by atoms with Crippen molar-refractivity contribution in [3.63, 3.8) is 0 Å². The van der Waals surface area contributed by atoms with Gasteiger partial charge in [-0.2, -0.15) is 0 Å². The van der Waals surface area contributed by atoms with Gasteiger partial charge in [0.15, 0.2) is 0 Å². The normalized spacial score (nSPS) is 16.9. The summed E-state index contributed by atoms with van der Waals surface area (Å²) in [6.45, 7) is 0. The highest BCUT2D eigenvalue weighted by molar-refractivity contribution is 7.84. The minimum Gasteiger partial charge on any atom is -0.385 e. The van der Waals surface area contributed by atoms with E-state index >= 15 is 0 Å². The van der Waals surface area contributed by atoms with Crippen LogP contribution in [0.4, 0.5) is 5.69 Å². The summed E-state index contributed by atoms with van der Waals surface area (Å²) < 4.78 is 0. The predicted molar refractivity (Wildman–Crippen MR) is 104 cm³/mol. The topological polar surface area (TPSA) is 110 Å². The first-order chi connectivity index (χ1) is 12.5. The maximum atomic E-state index is 12.9. The number of rotatable bonds is 4. The molecule has 1 heterocycles. The molecule has 0 fully saturated rings. The van der Waals surface area contributed by atoms with Crippen LogP contribution in [-0.4, -0.2) is 11.8 Å². The number of carbonyl (C=O) groups excluding carboxylic acids is 2. The van der Waals surface area contributed by atoms with Crippen LogP contribution in [0, 0.1) is 0 Å². The molecule has 1 unspecified atom stereocenters. The van der Waals surface area contributed by atoms with Gasteiger partial charge in [-0.15, -0.1) is 12.6 Å². The molecule has 1 aliphatic heterocycles. The lowest BCUT2D eigenvalue weighted by molar-refractivity contribution is -0.114. The van der Waals surface area contributed by atoms with Gasteiger partial charge in [-0.05, 0) is 17.7 Å². The summed E-state index contributed by atoms with van der Waals surface area (Å²) >= 11 is 4.29. The van der Waals surface area contributed by atoms with E-state index in [9.17, 15) is 9.59 Å². The van der Waals surface area contributed by atoms with Gasteiger partial charge < -0.3 is 22.1 Å². The summed E-state index contributed by atoms with van der Waals surface area (Å²) in [5, 5.41) is 5.80. The van der Waals surface area contributed by atoms with Crippen LogP contribution in [0.15, 0.2) is 82.7 Å². The van der Waals surface area contributed by atoms with Crippen LogP contribution >= 0.6 is 12.6 Å². The van der Waals surface area contributed by atoms with Crippen LogP contribution in [0.5, 0.6) is 0 Å². The SMILES string of the molecule is NC(=O)C1=C(S)NC(N)=C(C(=O)Nc2ccccc2)C1c1ccccc1. The number of para-hydroxylation sites is 1. The number of benzene rings is 2. The van der Waals surface area contributed by atoms with E-state index in [-0.39, 0.29) is 22.0 Å². The van der Waals surface area contributed by atoms with E-state index in [0.29, 0.717) is 5.69 Å². The van der Waals surface area contributed by atoms with E-state index in [4.69, 9.17) is 11.5 Å². The highest BCUT2D eigenvalue weighted by atomic mass is 32.1. The summed E-state index contributed by atoms with van der Waals surface area (Å²) in [6.07, 6.45) is 0. The van der Waals surface area contributed by atoms with Crippen molar-refractivity contribution in [2.24, 2.45) is 11.5 Å². The lowest BCUT2D eigenvalue weighted by Gasteiger charge is -2.29. The van der Waals surface area contributed by atoms with Gasteiger partial charge in [0, 0.05) is 5.69 Å². The maximum absolute atomic E-state index is 12.9. The molecule has 0 radical (unpaired) electrons. The first kappa shape index (κ1) is 17.6. The Hall–Kier alpha value is -3.19. The average molecular weight is 366 g/mol. The number of primary amides is 1. The van der Waals surface area contributed by atoms with E-state index < -0.39 is 17.7 Å². The Balaban J connectivity index is 2.07. The number of nitrogens with one attached hydrogen (secondary N) is 2. The summed E-state index contributed by atoms with van der Waals surface area (Å²) in [5.41, 5.74) is 13.4. The Morgan fingerprint density at radius 2 is 1.54 bits per heavy atom. The number of hydrogen-bond donors (Lipinski definition) is 5. The molecule has 7 heteroatoms. The van der Waals surface area contributed by atoms with Gasteiger partial charge in [0.25, 0.3) is 5.91 Å². The Morgan fingerprint density at radius 3 is 2.12 bits per heavy atom. The first-order valence-electron chi connectivity index (χ1n) is 7.90. The Labute approximate surface area is 156 Å². The van der Waals surface area contributed by atoms with Crippen molar-refractivity contribution in [3.8, 4) is 0 Å². The van der Waals surface area contributed by atoms with Crippen molar-refractivity contribution in [2.45, 2.75) is 5.92 Å². The van der Waals surface area contributed by atoms with Crippen LogP contribution < -0.4 is 22.1 Å². The van der Waals surface area contributed by atoms with Crippen LogP contribution in [0.3, 0.4) is 0 Å². The van der Waals surface area contributed by atoms with Crippen LogP contribution in [0.2, 0.25) is 0 Å². The zero-order valence-electron chi connectivity index (χ0n) is 13.8. The van der Waals surface area contributed by atoms with Crippen molar-refractivity contribution in [1.29, 1.82) is 0 Å². The van der Waals surface area contributed by atoms with Gasteiger partial charge in [0.1, 0.15) is 5.82 Å². The van der Waals surface area contributed by atoms with Gasteiger partial charge in [-0.25, -0.2) is 0 Å². The fourth-order valence-corrected chi connectivity index (χ4v) is 3.27. The third kappa shape index (κ3) is 3.43. The van der Waals surface area contributed by atoms with Crippen LogP contribution in [0.1, 0.15) is 11.5 Å². The number of hydrogen-bond acceptors (Lipinski definition) is 5. The summed E-state index contributed by atoms with van der Waals surface area (Å²) in [5.74, 6) is -1.68. The van der Waals surface area contributed by atoms with Crippen molar-refractivity contribution < 1.29 is 9.59 Å². The molecule has 0 bridgehead atoms. The molecular formula is C19H18N4O2S. The number of thiol groups is 1. The zero-order valence-corrected chi connectivity index (χ0v) is 14.7. The standard InChI is InChI=1S/C19H18N4O2S/c20-16-14(18(25)22-12-9-5-2-6-10-12)13(11-7-3-1-4-8-11)15(17(21)24)19(26)23-16/h1-10,13,23,26H,20H2,(H2,21,24)(H,22,25). The molecule has 26 heavy (non-hydrogen) atoms. The zero-order chi connectivity index (χ0) is 18.7. The molecule has 6 N–H and O–H groups in total. The second-order valence-electron chi connectivity index (χ2n) is 5.74. The Bertz CT molecular complexity index is 908. The molecule has 0 aromatic heterocycles. The largest absolute Gasteiger partial charge is 0.385 e. The molecule has 0 saturated heterocycles. The molecule has 0 spiro atoms. The van der Waals surface area contributed by atoms with Crippen molar-refractivity contribution >= 4 is 30.1 Å². The fourth-order valence-electron chi connectivity index (χ4n) is 2.91. The number of anilines is 1. The summed E-state index contributed by atoms with van der Waals surface area (Å²) in [6, 6.07) is 18.1. The second-order valence-corrected chi connectivity index (χ2v) is 6.19. The molecular weight excluding hydrogens is 348 g/mol. The second kappa shape index (κ2) is 7.37. The van der Waals surface area contributed by atoms with E-state index in [1.165, 1.54) is 0 Å². The summed E-state index contributed by atoms with van der Waals surface area (Å²) in [4.78, 5) is 25.0. The first-order valence-corrected chi connectivity index (χ1v) is 8.34. The quantitative estimate of drug-likeness (QED) is 0.532. The van der Waals surface area contributed by atoms with Crippen LogP contribution in [-0.2, 0) is 9.59 Å². The van der Waals surface area contributed by atoms with Crippen molar-refractivity contribution in [1.82, 2.24) is 5.32 Å². The van der Waals surface area contributed by atoms with E-state index in [1.54, 1.807) is 12.1 Å². The molecule has 2 amide bonds. The molecule has 0 saturated carbocycles. The van der Waals surface area contributed by atoms with Crippen molar-refractivity contribution in [2.75, 3.05) is 5.32 Å². The van der Waals surface area contributed by atoms with Crippen LogP contribution in [0.25, 0.3) is 0 Å². The van der Waals surface area contributed by atoms with Gasteiger partial charge >= 0.3 is 0 Å². The van der Waals surface area contributed by atoms with Gasteiger partial charge in [0.05, 0.1) is 22.1 Å². The highest BCUT2D eigenvalue weighted by Gasteiger charge is 2.36. The van der Waals surface area contributed by atoms with E-state index in [2.05, 4.69) is 23.3 Å². The minimum absolute atomic E-state index is 0.127. The third-order valence-corrected chi connectivity index (χ3v) is 4.40. The smallest absolute Gasteiger partial charge is 0.256 e. The monoisotopic (exact) mass is 366 g/mol. The molecule has 132 valence electrons. The molecule has 1 aliphatic rings. The fraction of sp³-hybridized carbons (Fsp3) is 0.0526. The predicted octanol–water partition coefficient (Wildman–Crippen LogP) is 1.81. The lowest BCUT2D eigenvalue weighted by Crippen LogP contribution is -2.37. The Kier molecular flexibility index (Phi) is 4.99. The molecule has 2 aromatic carbocycles. The molecule has 1 atom stereocenters. The number of carbonyl (C=O) groups is 2. The average Bonchev–Trinajstić information content (AvgIpc) is 2.62. The van der Waals surface area contributed by atoms with Gasteiger partial charge in [-0.1, -0.05) is 48.5 Å². The molecule has 2 aromatic rings. The minimum atomic E-state index is -0.717.